The number of sulfonamides is 1. The Morgan fingerprint density at radius 1 is 1.33 bits per heavy atom. The van der Waals surface area contributed by atoms with Gasteiger partial charge in [-0.2, -0.15) is 0 Å². The Balaban J connectivity index is 2.05. The summed E-state index contributed by atoms with van der Waals surface area (Å²) in [7, 11) is -3.57. The van der Waals surface area contributed by atoms with Gasteiger partial charge in [-0.3, -0.25) is 4.79 Å². The summed E-state index contributed by atoms with van der Waals surface area (Å²) >= 11 is 5.98. The summed E-state index contributed by atoms with van der Waals surface area (Å²) < 4.78 is 27.4. The largest absolute Gasteiger partial charge is 0.343 e. The Labute approximate surface area is 130 Å². The number of nitrogens with zero attached hydrogens (tertiary/aromatic N) is 1. The highest BCUT2D eigenvalue weighted by Crippen LogP contribution is 2.21. The Kier molecular flexibility index (Phi) is 4.91. The van der Waals surface area contributed by atoms with E-state index in [1.165, 1.54) is 13.0 Å². The molecule has 1 N–H and O–H groups in total. The average molecular weight is 331 g/mol. The molecule has 1 heterocycles. The lowest BCUT2D eigenvalue weighted by molar-refractivity contribution is -0.129. The molecule has 1 aromatic carbocycles. The predicted octanol–water partition coefficient (Wildman–Crippen LogP) is 1.94. The Morgan fingerprint density at radius 2 is 1.95 bits per heavy atom. The number of benzene rings is 1. The number of likely N-dealkylation sites (tertiary alicyclic amines) is 1. The van der Waals surface area contributed by atoms with Crippen molar-refractivity contribution >= 4 is 27.5 Å². The van der Waals surface area contributed by atoms with Crippen molar-refractivity contribution in [1.29, 1.82) is 0 Å². The van der Waals surface area contributed by atoms with Gasteiger partial charge in [0, 0.05) is 31.1 Å². The smallest absolute Gasteiger partial charge is 0.240 e. The zero-order valence-corrected chi connectivity index (χ0v) is 13.7. The van der Waals surface area contributed by atoms with Gasteiger partial charge in [0.15, 0.2) is 0 Å². The minimum Gasteiger partial charge on any atom is -0.343 e. The Hall–Kier alpha value is -1.11. The van der Waals surface area contributed by atoms with Crippen LogP contribution in [0, 0.1) is 6.92 Å². The van der Waals surface area contributed by atoms with E-state index in [1.807, 2.05) is 6.92 Å². The monoisotopic (exact) mass is 330 g/mol. The second kappa shape index (κ2) is 6.34. The van der Waals surface area contributed by atoms with Gasteiger partial charge < -0.3 is 4.90 Å². The number of hydrogen-bond donors (Lipinski definition) is 1. The average Bonchev–Trinajstić information content (AvgIpc) is 2.42. The normalized spacial score (nSPS) is 17.0. The van der Waals surface area contributed by atoms with E-state index >= 15 is 0 Å². The van der Waals surface area contributed by atoms with Gasteiger partial charge in [-0.1, -0.05) is 17.7 Å². The van der Waals surface area contributed by atoms with E-state index in [9.17, 15) is 13.2 Å². The first-order valence-corrected chi connectivity index (χ1v) is 8.70. The number of halogens is 1. The van der Waals surface area contributed by atoms with Gasteiger partial charge in [0.1, 0.15) is 0 Å². The van der Waals surface area contributed by atoms with Gasteiger partial charge in [-0.15, -0.1) is 0 Å². The van der Waals surface area contributed by atoms with Gasteiger partial charge in [0.25, 0.3) is 0 Å². The molecule has 1 fully saturated rings. The molecule has 5 nitrogen and oxygen atoms in total. The first-order chi connectivity index (χ1) is 9.79. The van der Waals surface area contributed by atoms with E-state index < -0.39 is 10.0 Å². The highest BCUT2D eigenvalue weighted by molar-refractivity contribution is 7.89. The van der Waals surface area contributed by atoms with Crippen LogP contribution in [0.3, 0.4) is 0 Å². The molecule has 1 saturated heterocycles. The summed E-state index contributed by atoms with van der Waals surface area (Å²) in [5.41, 5.74) is 0.838. The van der Waals surface area contributed by atoms with Gasteiger partial charge in [-0.25, -0.2) is 13.1 Å². The zero-order valence-electron chi connectivity index (χ0n) is 12.1. The molecule has 1 aromatic rings. The van der Waals surface area contributed by atoms with Crippen molar-refractivity contribution in [3.63, 3.8) is 0 Å². The lowest BCUT2D eigenvalue weighted by Crippen LogP contribution is -2.45. The van der Waals surface area contributed by atoms with Crippen LogP contribution in [0.4, 0.5) is 0 Å². The van der Waals surface area contributed by atoms with E-state index in [0.29, 0.717) is 31.0 Å². The standard InChI is InChI=1S/C14H19ClN2O3S/c1-10-3-4-13(9-14(10)15)21(19,20)16-12-5-7-17(8-6-12)11(2)18/h3-4,9,12,16H,5-8H2,1-2H3. The number of nitrogens with one attached hydrogen (secondary N) is 1. The lowest BCUT2D eigenvalue weighted by Gasteiger charge is -2.31. The zero-order chi connectivity index (χ0) is 15.6. The van der Waals surface area contributed by atoms with Crippen LogP contribution in [0.15, 0.2) is 23.1 Å². The van der Waals surface area contributed by atoms with Crippen molar-refractivity contribution in [3.05, 3.63) is 28.8 Å². The summed E-state index contributed by atoms with van der Waals surface area (Å²) in [5.74, 6) is 0.0293. The maximum absolute atomic E-state index is 12.3. The fourth-order valence-corrected chi connectivity index (χ4v) is 3.92. The molecule has 1 aliphatic rings. The molecule has 0 aliphatic carbocycles. The second-order valence-corrected chi connectivity index (χ2v) is 7.43. The van der Waals surface area contributed by atoms with Crippen LogP contribution >= 0.6 is 11.6 Å². The number of hydrogen-bond acceptors (Lipinski definition) is 3. The second-order valence-electron chi connectivity index (χ2n) is 5.31. The molecule has 7 heteroatoms. The lowest BCUT2D eigenvalue weighted by atomic mass is 10.1. The van der Waals surface area contributed by atoms with E-state index in [1.54, 1.807) is 17.0 Å². The number of piperidine rings is 1. The molecule has 0 saturated carbocycles. The minimum atomic E-state index is -3.57. The van der Waals surface area contributed by atoms with Gasteiger partial charge in [-0.05, 0) is 37.5 Å². The number of amides is 1. The molecule has 21 heavy (non-hydrogen) atoms. The summed E-state index contributed by atoms with van der Waals surface area (Å²) in [5, 5.41) is 0.435. The molecular formula is C14H19ClN2O3S. The van der Waals surface area contributed by atoms with Gasteiger partial charge in [0.2, 0.25) is 15.9 Å². The molecular weight excluding hydrogens is 312 g/mol. The summed E-state index contributed by atoms with van der Waals surface area (Å²) in [4.78, 5) is 13.2. The van der Waals surface area contributed by atoms with Crippen molar-refractivity contribution in [2.24, 2.45) is 0 Å². The van der Waals surface area contributed by atoms with Crippen LogP contribution in [-0.4, -0.2) is 38.4 Å². The molecule has 116 valence electrons. The van der Waals surface area contributed by atoms with Crippen molar-refractivity contribution in [2.45, 2.75) is 37.6 Å². The molecule has 0 unspecified atom stereocenters. The number of carbonyl (C=O) groups is 1. The SMILES string of the molecule is CC(=O)N1CCC(NS(=O)(=O)c2ccc(C)c(Cl)c2)CC1. The first-order valence-electron chi connectivity index (χ1n) is 6.83. The third-order valence-corrected chi connectivity index (χ3v) is 5.64. The van der Waals surface area contributed by atoms with E-state index in [-0.39, 0.29) is 16.8 Å². The summed E-state index contributed by atoms with van der Waals surface area (Å²) in [6.45, 7) is 4.51. The van der Waals surface area contributed by atoms with Gasteiger partial charge in [0.05, 0.1) is 4.90 Å². The van der Waals surface area contributed by atoms with Crippen molar-refractivity contribution in [1.82, 2.24) is 9.62 Å². The Bertz CT molecular complexity index is 638. The molecule has 0 spiro atoms. The molecule has 1 amide bonds. The molecule has 0 atom stereocenters. The minimum absolute atomic E-state index is 0.0293. The fourth-order valence-electron chi connectivity index (χ4n) is 2.34. The van der Waals surface area contributed by atoms with Crippen LogP contribution in [0.25, 0.3) is 0 Å². The highest BCUT2D eigenvalue weighted by Gasteiger charge is 2.25. The Morgan fingerprint density at radius 3 is 2.48 bits per heavy atom. The molecule has 2 rings (SSSR count). The van der Waals surface area contributed by atoms with E-state index in [0.717, 1.165) is 5.56 Å². The maximum Gasteiger partial charge on any atom is 0.240 e. The predicted molar refractivity (Wildman–Crippen MR) is 81.8 cm³/mol. The molecule has 0 bridgehead atoms. The van der Waals surface area contributed by atoms with Crippen molar-refractivity contribution < 1.29 is 13.2 Å². The van der Waals surface area contributed by atoms with Crippen molar-refractivity contribution in [2.75, 3.05) is 13.1 Å². The van der Waals surface area contributed by atoms with Crippen LogP contribution in [0.5, 0.6) is 0 Å². The third kappa shape index (κ3) is 3.96. The van der Waals surface area contributed by atoms with Crippen molar-refractivity contribution in [3.8, 4) is 0 Å². The molecule has 0 radical (unpaired) electrons. The van der Waals surface area contributed by atoms with E-state index in [2.05, 4.69) is 4.72 Å². The first kappa shape index (κ1) is 16.3. The quantitative estimate of drug-likeness (QED) is 0.921. The third-order valence-electron chi connectivity index (χ3n) is 3.72. The molecule has 0 aromatic heterocycles. The van der Waals surface area contributed by atoms with E-state index in [4.69, 9.17) is 11.6 Å². The summed E-state index contributed by atoms with van der Waals surface area (Å²) in [6, 6.07) is 4.55. The number of rotatable bonds is 3. The number of aryl methyl sites for hydroxylation is 1. The van der Waals surface area contributed by atoms with Gasteiger partial charge >= 0.3 is 0 Å². The fraction of sp³-hybridized carbons (Fsp3) is 0.500. The summed E-state index contributed by atoms with van der Waals surface area (Å²) in [6.07, 6.45) is 1.25. The topological polar surface area (TPSA) is 66.5 Å². The van der Waals surface area contributed by atoms with Crippen LogP contribution in [0.1, 0.15) is 25.3 Å². The van der Waals surface area contributed by atoms with Crippen LogP contribution < -0.4 is 4.72 Å². The maximum atomic E-state index is 12.3. The molecule has 1 aliphatic heterocycles. The van der Waals surface area contributed by atoms with Crippen LogP contribution in [-0.2, 0) is 14.8 Å². The number of carbonyl (C=O) groups excluding carboxylic acids is 1. The van der Waals surface area contributed by atoms with Crippen LogP contribution in [0.2, 0.25) is 5.02 Å². The highest BCUT2D eigenvalue weighted by atomic mass is 35.5.